The van der Waals surface area contributed by atoms with Crippen LogP contribution in [0.2, 0.25) is 5.02 Å². The SMILES string of the molecule is C[C@@H]1CN(C2=NCCN2S(=O)(=O)c2ccc(Cl)cc2)C[C@H](C)O1. The molecule has 8 heteroatoms. The fraction of sp³-hybridized carbons (Fsp3) is 0.533. The second-order valence-electron chi connectivity index (χ2n) is 5.88. The molecule has 126 valence electrons. The van der Waals surface area contributed by atoms with Crippen LogP contribution in [0, 0.1) is 0 Å². The van der Waals surface area contributed by atoms with E-state index in [1.807, 2.05) is 18.7 Å². The monoisotopic (exact) mass is 357 g/mol. The topological polar surface area (TPSA) is 62.2 Å². The van der Waals surface area contributed by atoms with Crippen LogP contribution < -0.4 is 0 Å². The zero-order valence-corrected chi connectivity index (χ0v) is 14.7. The second-order valence-corrected chi connectivity index (χ2v) is 8.17. The van der Waals surface area contributed by atoms with Crippen molar-refractivity contribution in [3.8, 4) is 0 Å². The number of hydrogen-bond acceptors (Lipinski definition) is 5. The highest BCUT2D eigenvalue weighted by Gasteiger charge is 2.36. The first-order valence-electron chi connectivity index (χ1n) is 7.61. The molecule has 2 aliphatic rings. The molecule has 1 fully saturated rings. The predicted octanol–water partition coefficient (Wildman–Crippen LogP) is 1.81. The lowest BCUT2D eigenvalue weighted by Gasteiger charge is -2.38. The molecule has 0 aliphatic carbocycles. The van der Waals surface area contributed by atoms with E-state index >= 15 is 0 Å². The lowest BCUT2D eigenvalue weighted by atomic mass is 10.2. The van der Waals surface area contributed by atoms with Gasteiger partial charge in [-0.15, -0.1) is 0 Å². The highest BCUT2D eigenvalue weighted by atomic mass is 35.5. The molecular formula is C15H20ClN3O3S. The molecule has 0 bridgehead atoms. The fourth-order valence-corrected chi connectivity index (χ4v) is 4.55. The smallest absolute Gasteiger partial charge is 0.266 e. The lowest BCUT2D eigenvalue weighted by Crippen LogP contribution is -2.53. The first-order chi connectivity index (χ1) is 10.9. The van der Waals surface area contributed by atoms with E-state index in [2.05, 4.69) is 4.99 Å². The Hall–Kier alpha value is -1.31. The van der Waals surface area contributed by atoms with E-state index < -0.39 is 10.0 Å². The first kappa shape index (κ1) is 16.5. The van der Waals surface area contributed by atoms with Gasteiger partial charge in [0.05, 0.1) is 30.2 Å². The molecule has 0 N–H and O–H groups in total. The van der Waals surface area contributed by atoms with Gasteiger partial charge in [-0.2, -0.15) is 0 Å². The minimum Gasteiger partial charge on any atom is -0.372 e. The average molecular weight is 358 g/mol. The summed E-state index contributed by atoms with van der Waals surface area (Å²) in [6, 6.07) is 6.22. The lowest BCUT2D eigenvalue weighted by molar-refractivity contribution is -0.0496. The van der Waals surface area contributed by atoms with Crippen LogP contribution in [-0.2, 0) is 14.8 Å². The molecule has 0 saturated carbocycles. The highest BCUT2D eigenvalue weighted by molar-refractivity contribution is 7.89. The van der Waals surface area contributed by atoms with Crippen LogP contribution >= 0.6 is 11.6 Å². The number of halogens is 1. The summed E-state index contributed by atoms with van der Waals surface area (Å²) >= 11 is 5.85. The maximum Gasteiger partial charge on any atom is 0.266 e. The number of guanidine groups is 1. The van der Waals surface area contributed by atoms with E-state index in [4.69, 9.17) is 16.3 Å². The summed E-state index contributed by atoms with van der Waals surface area (Å²) in [5.74, 6) is 0.516. The van der Waals surface area contributed by atoms with Gasteiger partial charge in [0.1, 0.15) is 0 Å². The Morgan fingerprint density at radius 1 is 1.17 bits per heavy atom. The van der Waals surface area contributed by atoms with E-state index in [9.17, 15) is 8.42 Å². The molecule has 0 unspecified atom stereocenters. The third kappa shape index (κ3) is 3.32. The van der Waals surface area contributed by atoms with E-state index in [1.165, 1.54) is 16.4 Å². The summed E-state index contributed by atoms with van der Waals surface area (Å²) in [7, 11) is -3.63. The van der Waals surface area contributed by atoms with Crippen molar-refractivity contribution >= 4 is 27.6 Å². The van der Waals surface area contributed by atoms with Gasteiger partial charge in [0.2, 0.25) is 5.96 Å². The molecule has 2 aliphatic heterocycles. The molecule has 1 aromatic rings. The Bertz CT molecular complexity index is 695. The number of benzene rings is 1. The standard InChI is InChI=1S/C15H20ClN3O3S/c1-11-9-18(10-12(2)22-11)15-17-7-8-19(15)23(20,21)14-5-3-13(16)4-6-14/h3-6,11-12H,7-10H2,1-2H3/t11-,12+. The van der Waals surface area contributed by atoms with Crippen LogP contribution in [0.3, 0.4) is 0 Å². The molecule has 23 heavy (non-hydrogen) atoms. The number of nitrogens with zero attached hydrogens (tertiary/aromatic N) is 3. The van der Waals surface area contributed by atoms with Crippen molar-refractivity contribution in [1.29, 1.82) is 0 Å². The van der Waals surface area contributed by atoms with Crippen molar-refractivity contribution in [3.63, 3.8) is 0 Å². The molecule has 0 radical (unpaired) electrons. The first-order valence-corrected chi connectivity index (χ1v) is 9.43. The second kappa shape index (κ2) is 6.30. The zero-order valence-electron chi connectivity index (χ0n) is 13.1. The van der Waals surface area contributed by atoms with Gasteiger partial charge >= 0.3 is 0 Å². The van der Waals surface area contributed by atoms with Crippen LogP contribution in [0.4, 0.5) is 0 Å². The largest absolute Gasteiger partial charge is 0.372 e. The van der Waals surface area contributed by atoms with E-state index in [1.54, 1.807) is 12.1 Å². The molecule has 1 aromatic carbocycles. The quantitative estimate of drug-likeness (QED) is 0.809. The summed E-state index contributed by atoms with van der Waals surface area (Å²) in [5.41, 5.74) is 0. The van der Waals surface area contributed by atoms with Gasteiger partial charge in [0.25, 0.3) is 10.0 Å². The van der Waals surface area contributed by atoms with Crippen LogP contribution in [0.1, 0.15) is 13.8 Å². The van der Waals surface area contributed by atoms with Crippen LogP contribution in [-0.4, -0.2) is 62.0 Å². The fourth-order valence-electron chi connectivity index (χ4n) is 2.98. The molecule has 0 aromatic heterocycles. The molecule has 2 heterocycles. The van der Waals surface area contributed by atoms with Gasteiger partial charge in [-0.05, 0) is 38.1 Å². The maximum absolute atomic E-state index is 12.9. The predicted molar refractivity (Wildman–Crippen MR) is 89.2 cm³/mol. The minimum atomic E-state index is -3.63. The normalized spacial score (nSPS) is 25.6. The van der Waals surface area contributed by atoms with Gasteiger partial charge in [-0.1, -0.05) is 11.6 Å². The van der Waals surface area contributed by atoms with E-state index in [0.717, 1.165) is 0 Å². The van der Waals surface area contributed by atoms with Crippen molar-refractivity contribution in [2.24, 2.45) is 4.99 Å². The number of morpholine rings is 1. The van der Waals surface area contributed by atoms with Gasteiger partial charge < -0.3 is 9.64 Å². The summed E-state index contributed by atoms with van der Waals surface area (Å²) in [5, 5.41) is 0.509. The number of sulfonamides is 1. The van der Waals surface area contributed by atoms with Gasteiger partial charge in [0, 0.05) is 18.1 Å². The Labute approximate surface area is 141 Å². The molecule has 2 atom stereocenters. The summed E-state index contributed by atoms with van der Waals surface area (Å²) < 4.78 is 32.9. The Morgan fingerprint density at radius 3 is 2.39 bits per heavy atom. The van der Waals surface area contributed by atoms with Crippen molar-refractivity contribution < 1.29 is 13.2 Å². The Morgan fingerprint density at radius 2 is 1.78 bits per heavy atom. The van der Waals surface area contributed by atoms with Crippen LogP contribution in [0.25, 0.3) is 0 Å². The van der Waals surface area contributed by atoms with E-state index in [-0.39, 0.29) is 17.1 Å². The molecule has 0 spiro atoms. The van der Waals surface area contributed by atoms with Crippen molar-refractivity contribution in [2.75, 3.05) is 26.2 Å². The van der Waals surface area contributed by atoms with E-state index in [0.29, 0.717) is 37.2 Å². The van der Waals surface area contributed by atoms with Crippen molar-refractivity contribution in [2.45, 2.75) is 31.0 Å². The number of hydrogen-bond donors (Lipinski definition) is 0. The maximum atomic E-state index is 12.9. The van der Waals surface area contributed by atoms with Gasteiger partial charge in [-0.25, -0.2) is 12.7 Å². The Balaban J connectivity index is 1.87. The van der Waals surface area contributed by atoms with Crippen LogP contribution in [0.5, 0.6) is 0 Å². The molecule has 6 nitrogen and oxygen atoms in total. The molecule has 0 amide bonds. The number of aliphatic imine (C=N–C) groups is 1. The summed E-state index contributed by atoms with van der Waals surface area (Å²) in [6.07, 6.45) is 0.0873. The van der Waals surface area contributed by atoms with Crippen LogP contribution in [0.15, 0.2) is 34.2 Å². The molecule has 1 saturated heterocycles. The molecular weight excluding hydrogens is 338 g/mol. The minimum absolute atomic E-state index is 0.0436. The summed E-state index contributed by atoms with van der Waals surface area (Å²) in [4.78, 5) is 6.65. The van der Waals surface area contributed by atoms with Crippen molar-refractivity contribution in [3.05, 3.63) is 29.3 Å². The third-order valence-corrected chi connectivity index (χ3v) is 5.93. The van der Waals surface area contributed by atoms with Gasteiger partial charge in [-0.3, -0.25) is 4.99 Å². The van der Waals surface area contributed by atoms with Crippen molar-refractivity contribution in [1.82, 2.24) is 9.21 Å². The highest BCUT2D eigenvalue weighted by Crippen LogP contribution is 2.23. The zero-order chi connectivity index (χ0) is 16.6. The number of ether oxygens (including phenoxy) is 1. The molecule has 3 rings (SSSR count). The third-order valence-electron chi connectivity index (χ3n) is 3.88. The Kier molecular flexibility index (Phi) is 4.53. The summed E-state index contributed by atoms with van der Waals surface area (Å²) in [6.45, 7) is 6.07. The average Bonchev–Trinajstić information content (AvgIpc) is 2.97. The van der Waals surface area contributed by atoms with Gasteiger partial charge in [0.15, 0.2) is 0 Å². The number of rotatable bonds is 2.